The van der Waals surface area contributed by atoms with Crippen molar-refractivity contribution in [2.45, 2.75) is 146 Å². The summed E-state index contributed by atoms with van der Waals surface area (Å²) in [5.74, 6) is 7.66. The number of carboxylic acid groups (broad SMARTS) is 1. The number of aliphatic carboxylic acids is 1. The summed E-state index contributed by atoms with van der Waals surface area (Å²) in [6.45, 7) is 2.76. The van der Waals surface area contributed by atoms with Gasteiger partial charge in [-0.2, -0.15) is 4.99 Å². The highest BCUT2D eigenvalue weighted by molar-refractivity contribution is 5.85. The van der Waals surface area contributed by atoms with Crippen molar-refractivity contribution < 1.29 is 50.4 Å². The van der Waals surface area contributed by atoms with Crippen molar-refractivity contribution >= 4 is 11.8 Å². The van der Waals surface area contributed by atoms with E-state index in [0.29, 0.717) is 50.7 Å². The van der Waals surface area contributed by atoms with Crippen LogP contribution in [0.4, 0.5) is 0 Å². The highest BCUT2D eigenvalue weighted by atomic mass is 16.5. The molecule has 0 spiro atoms. The zero-order valence-corrected chi connectivity index (χ0v) is 39.1. The number of amidine groups is 1. The fraction of sp³-hybridized carbons (Fsp3) is 0.593. The number of hydrogen-bond acceptors (Lipinski definition) is 10. The molecular weight excluding hydrogens is 847 g/mol. The molecule has 0 aromatic carbocycles. The monoisotopic (exact) mass is 922 g/mol. The van der Waals surface area contributed by atoms with Crippen molar-refractivity contribution in [3.05, 3.63) is 107 Å². The third-order valence-corrected chi connectivity index (χ3v) is 15.3. The molecule has 8 aliphatic rings. The first kappa shape index (κ1) is 48.9. The van der Waals surface area contributed by atoms with Gasteiger partial charge in [0.15, 0.2) is 12.5 Å². The number of rotatable bonds is 23. The van der Waals surface area contributed by atoms with Crippen LogP contribution in [-0.4, -0.2) is 106 Å². The molecule has 0 bridgehead atoms. The maximum Gasteiger partial charge on any atom is 0.326 e. The molecule has 7 aliphatic carbocycles. The van der Waals surface area contributed by atoms with E-state index < -0.39 is 36.6 Å². The van der Waals surface area contributed by atoms with Crippen molar-refractivity contribution in [2.75, 3.05) is 26.3 Å². The minimum atomic E-state index is -1.57. The van der Waals surface area contributed by atoms with Gasteiger partial charge in [0.2, 0.25) is 5.84 Å². The average molecular weight is 922 g/mol. The normalized spacial score (nSPS) is 30.5. The molecule has 0 radical (unpaired) electrons. The predicted octanol–water partition coefficient (Wildman–Crippen LogP) is 3.81. The quantitative estimate of drug-likeness (QED) is 0.0314. The highest BCUT2D eigenvalue weighted by Gasteiger charge is 2.58. The second-order valence-electron chi connectivity index (χ2n) is 19.9. The van der Waals surface area contributed by atoms with Gasteiger partial charge in [-0.15, -0.1) is 0 Å². The van der Waals surface area contributed by atoms with E-state index in [1.165, 1.54) is 0 Å². The van der Waals surface area contributed by atoms with Gasteiger partial charge in [0, 0.05) is 41.6 Å². The van der Waals surface area contributed by atoms with E-state index in [2.05, 4.69) is 63.5 Å². The van der Waals surface area contributed by atoms with Gasteiger partial charge in [0.05, 0.1) is 42.6 Å². The van der Waals surface area contributed by atoms with Crippen LogP contribution in [0, 0.1) is 40.9 Å². The van der Waals surface area contributed by atoms with E-state index in [0.717, 1.165) is 124 Å². The number of aliphatic imine (C=N–C) groups is 1. The van der Waals surface area contributed by atoms with Gasteiger partial charge in [-0.1, -0.05) is 72.1 Å². The average Bonchev–Trinajstić information content (AvgIpc) is 4.11. The summed E-state index contributed by atoms with van der Waals surface area (Å²) in [5, 5.41) is 64.7. The molecule has 0 aromatic rings. The number of aliphatic hydroxyl groups is 4. The maximum atomic E-state index is 12.5. The molecule has 11 N–H and O–H groups in total. The first-order valence-electron chi connectivity index (χ1n) is 25.3. The molecule has 9 atom stereocenters. The Morgan fingerprint density at radius 2 is 1.78 bits per heavy atom. The Balaban J connectivity index is 0.703. The van der Waals surface area contributed by atoms with Gasteiger partial charge in [-0.3, -0.25) is 5.32 Å². The summed E-state index contributed by atoms with van der Waals surface area (Å²) < 4.78 is 12.4. The number of allylic oxidation sites excluding steroid dienone is 11. The van der Waals surface area contributed by atoms with Crippen molar-refractivity contribution in [3.63, 3.8) is 0 Å². The summed E-state index contributed by atoms with van der Waals surface area (Å²) in [5.41, 5.74) is 3.51. The second kappa shape index (κ2) is 23.7. The number of nitrogens with one attached hydrogen (secondary N) is 2. The molecule has 8 rings (SSSR count). The Kier molecular flexibility index (Phi) is 17.3. The van der Waals surface area contributed by atoms with E-state index >= 15 is 0 Å². The topological polar surface area (TPSA) is 206 Å². The predicted molar refractivity (Wildman–Crippen MR) is 257 cm³/mol. The van der Waals surface area contributed by atoms with Crippen molar-refractivity contribution in [2.24, 2.45) is 34.1 Å². The lowest BCUT2D eigenvalue weighted by Gasteiger charge is -2.34. The largest absolute Gasteiger partial charge is 0.492 e. The van der Waals surface area contributed by atoms with Crippen LogP contribution >= 0.6 is 0 Å². The highest BCUT2D eigenvalue weighted by Crippen LogP contribution is 2.62. The Morgan fingerprint density at radius 3 is 2.55 bits per heavy atom. The number of hydrogen-bond donors (Lipinski definition) is 9. The van der Waals surface area contributed by atoms with E-state index in [-0.39, 0.29) is 29.5 Å². The van der Waals surface area contributed by atoms with Crippen LogP contribution in [0.3, 0.4) is 0 Å². The molecule has 13 nitrogen and oxygen atoms in total. The van der Waals surface area contributed by atoms with Crippen LogP contribution in [-0.2, 0) is 14.3 Å². The summed E-state index contributed by atoms with van der Waals surface area (Å²) in [7, 11) is 0. The van der Waals surface area contributed by atoms with Gasteiger partial charge in [0.1, 0.15) is 25.7 Å². The van der Waals surface area contributed by atoms with Crippen LogP contribution in [0.15, 0.2) is 112 Å². The molecular formula is C54H75N5O8+2. The van der Waals surface area contributed by atoms with Gasteiger partial charge in [-0.05, 0) is 126 Å². The number of aliphatic hydroxyl groups excluding tert-OH is 3. The van der Waals surface area contributed by atoms with E-state index in [4.69, 9.17) is 14.5 Å². The first-order chi connectivity index (χ1) is 32.6. The van der Waals surface area contributed by atoms with Crippen LogP contribution in [0.5, 0.6) is 0 Å². The zero-order valence-electron chi connectivity index (χ0n) is 39.1. The molecule has 0 saturated heterocycles. The summed E-state index contributed by atoms with van der Waals surface area (Å²) >= 11 is 0. The van der Waals surface area contributed by atoms with Crippen LogP contribution in [0.2, 0.25) is 0 Å². The lowest BCUT2D eigenvalue weighted by molar-refractivity contribution is -0.690. The number of ether oxygens (including phenoxy) is 2. The van der Waals surface area contributed by atoms with Crippen LogP contribution < -0.4 is 21.3 Å². The van der Waals surface area contributed by atoms with E-state index in [1.54, 1.807) is 0 Å². The molecule has 1 aliphatic heterocycles. The van der Waals surface area contributed by atoms with Crippen LogP contribution in [0.25, 0.3) is 0 Å². The third-order valence-electron chi connectivity index (χ3n) is 15.3. The Morgan fingerprint density at radius 1 is 0.896 bits per heavy atom. The lowest BCUT2D eigenvalue weighted by atomic mass is 9.82. The molecule has 2 saturated carbocycles. The fourth-order valence-electron chi connectivity index (χ4n) is 11.2. The van der Waals surface area contributed by atoms with Crippen molar-refractivity contribution in [3.8, 4) is 11.8 Å². The lowest BCUT2D eigenvalue weighted by Crippen LogP contribution is -2.93. The molecule has 362 valence electrons. The summed E-state index contributed by atoms with van der Waals surface area (Å²) in [4.78, 5) is 17.4. The summed E-state index contributed by atoms with van der Waals surface area (Å²) in [6.07, 6.45) is 37.3. The number of quaternary nitrogens is 2. The molecule has 1 heterocycles. The Bertz CT molecular complexity index is 2110. The Hall–Kier alpha value is -4.52. The fourth-order valence-corrected chi connectivity index (χ4v) is 11.2. The molecule has 0 amide bonds. The number of fused-ring (bicyclic) bond motifs is 1. The van der Waals surface area contributed by atoms with Crippen molar-refractivity contribution in [1.29, 1.82) is 0 Å². The zero-order chi connectivity index (χ0) is 46.6. The summed E-state index contributed by atoms with van der Waals surface area (Å²) in [6, 6.07) is -1.29. The van der Waals surface area contributed by atoms with Crippen LogP contribution in [0.1, 0.15) is 103 Å². The number of nitrogens with zero attached hydrogens (tertiary/aromatic N) is 1. The third kappa shape index (κ3) is 13.2. The minimum Gasteiger partial charge on any atom is -0.492 e. The SMILES string of the molecule is O=C(O)C(CC1CCC(OCC[NH2+]C2CC=CC([NH2+]CCOC3=CC=C(CC(NC4=CC=CC[C@@H]4C(O)[C@H]4C#CC=CC4)C(O)O)CC3)=N2)CC1)NC1=C(C(O)C23C=CCC[C@H]2C3)C=CCC1. The van der Waals surface area contributed by atoms with Gasteiger partial charge < -0.3 is 51.0 Å². The molecule has 13 heteroatoms. The van der Waals surface area contributed by atoms with E-state index in [9.17, 15) is 30.3 Å². The maximum absolute atomic E-state index is 12.5. The first-order valence-corrected chi connectivity index (χ1v) is 25.3. The molecule has 2 fully saturated rings. The Labute approximate surface area is 396 Å². The number of dihydropyridines is 1. The van der Waals surface area contributed by atoms with Gasteiger partial charge in [0.25, 0.3) is 0 Å². The van der Waals surface area contributed by atoms with E-state index in [1.807, 2.05) is 48.6 Å². The number of carboxylic acids is 1. The van der Waals surface area contributed by atoms with Gasteiger partial charge in [-0.25, -0.2) is 4.79 Å². The molecule has 6 unspecified atom stereocenters. The number of carbonyl (C=O) groups is 1. The standard InChI is InChI=1S/C54H73N5O8/c60-50(38-11-2-1-3-12-38)42-14-4-6-16-44(42)57-46(52(62)63)33-36-20-24-40(25-21-36)66-31-29-55-48-18-10-19-49(59-48)56-30-32-67-41-26-22-37(23-27-41)34-47(53(64)65)58-45-17-7-5-15-43(45)51(61)54-28-9-8-13-39(54)35-54/h1-2,4-6,9-10,15-16,18,20,24,28,37-39,41-42,46-47,49-52,56-58,60-63H,7-8,11,13-14,17,19,21-23,25-27,29-35H2,(H,55,59)(H,64,65)/p+2/t37?,38-,39+,41?,42+,46?,47?,49?,50?,51?,54?/m1/s1. The smallest absolute Gasteiger partial charge is 0.326 e. The number of nitrogens with two attached hydrogens (primary N) is 2. The van der Waals surface area contributed by atoms with Crippen molar-refractivity contribution in [1.82, 2.24) is 10.6 Å². The molecule has 0 aromatic heterocycles. The molecule has 67 heavy (non-hydrogen) atoms. The second-order valence-corrected chi connectivity index (χ2v) is 19.9. The minimum absolute atomic E-state index is 0.114. The van der Waals surface area contributed by atoms with Gasteiger partial charge >= 0.3 is 5.97 Å².